The van der Waals surface area contributed by atoms with Crippen molar-refractivity contribution in [2.24, 2.45) is 0 Å². The number of ether oxygens (including phenoxy) is 4. The van der Waals surface area contributed by atoms with Crippen molar-refractivity contribution >= 4 is 5.91 Å². The van der Waals surface area contributed by atoms with E-state index in [9.17, 15) is 45.6 Å². The number of hydrogen-bond acceptors (Lipinski definition) is 13. The van der Waals surface area contributed by atoms with Crippen LogP contribution in [-0.2, 0) is 23.7 Å². The molecule has 14 heteroatoms. The molecule has 12 unspecified atom stereocenters. The van der Waals surface area contributed by atoms with Crippen molar-refractivity contribution < 1.29 is 64.6 Å². The topological polar surface area (TPSA) is 228 Å². The van der Waals surface area contributed by atoms with E-state index in [2.05, 4.69) is 43.5 Å². The summed E-state index contributed by atoms with van der Waals surface area (Å²) >= 11 is 0. The van der Waals surface area contributed by atoms with Crippen molar-refractivity contribution in [3.8, 4) is 0 Å². The van der Waals surface area contributed by atoms with Crippen molar-refractivity contribution in [1.29, 1.82) is 0 Å². The van der Waals surface area contributed by atoms with E-state index in [1.165, 1.54) is 193 Å². The summed E-state index contributed by atoms with van der Waals surface area (Å²) in [6.07, 6.45) is 44.9. The molecule has 1 amide bonds. The summed E-state index contributed by atoms with van der Waals surface area (Å²) in [6, 6.07) is -0.935. The first-order chi connectivity index (χ1) is 38.1. The summed E-state index contributed by atoms with van der Waals surface area (Å²) in [6.45, 7) is 2.80. The van der Waals surface area contributed by atoms with Crippen molar-refractivity contribution in [2.75, 3.05) is 19.8 Å². The lowest BCUT2D eigenvalue weighted by Crippen LogP contribution is -2.65. The summed E-state index contributed by atoms with van der Waals surface area (Å²) in [5.74, 6) is -0.250. The molecule has 2 rings (SSSR count). The summed E-state index contributed by atoms with van der Waals surface area (Å²) in [7, 11) is 0. The van der Waals surface area contributed by atoms with Gasteiger partial charge in [-0.25, -0.2) is 0 Å². The molecule has 0 bridgehead atoms. The predicted molar refractivity (Wildman–Crippen MR) is 314 cm³/mol. The summed E-state index contributed by atoms with van der Waals surface area (Å²) < 4.78 is 22.8. The molecule has 458 valence electrons. The molecule has 2 saturated heterocycles. The molecule has 78 heavy (non-hydrogen) atoms. The molecule has 0 saturated carbocycles. The Morgan fingerprint density at radius 2 is 0.821 bits per heavy atom. The molecule has 2 aliphatic rings. The van der Waals surface area contributed by atoms with Gasteiger partial charge in [-0.1, -0.05) is 256 Å². The van der Waals surface area contributed by atoms with E-state index >= 15 is 0 Å². The second-order valence-electron chi connectivity index (χ2n) is 22.9. The minimum Gasteiger partial charge on any atom is -0.394 e. The molecule has 2 heterocycles. The first-order valence-corrected chi connectivity index (χ1v) is 32.2. The molecule has 2 aliphatic heterocycles. The highest BCUT2D eigenvalue weighted by atomic mass is 16.7. The first-order valence-electron chi connectivity index (χ1n) is 32.2. The highest BCUT2D eigenvalue weighted by molar-refractivity contribution is 5.76. The smallest absolute Gasteiger partial charge is 0.220 e. The lowest BCUT2D eigenvalue weighted by atomic mass is 9.97. The van der Waals surface area contributed by atoms with Crippen LogP contribution in [0.3, 0.4) is 0 Å². The van der Waals surface area contributed by atoms with E-state index in [0.717, 1.165) is 44.9 Å². The van der Waals surface area contributed by atoms with Crippen molar-refractivity contribution in [1.82, 2.24) is 5.32 Å². The van der Waals surface area contributed by atoms with Gasteiger partial charge in [0.2, 0.25) is 5.91 Å². The summed E-state index contributed by atoms with van der Waals surface area (Å²) in [5, 5.41) is 87.1. The molecule has 0 aromatic rings. The number of aliphatic hydroxyl groups is 8. The molecule has 9 N–H and O–H groups in total. The van der Waals surface area contributed by atoms with Crippen molar-refractivity contribution in [3.63, 3.8) is 0 Å². The number of carbonyl (C=O) groups is 1. The average molecular weight is 1110 g/mol. The Kier molecular flexibility index (Phi) is 46.2. The molecule has 0 spiro atoms. The Morgan fingerprint density at radius 3 is 1.26 bits per heavy atom. The fourth-order valence-electron chi connectivity index (χ4n) is 10.6. The van der Waals surface area contributed by atoms with E-state index in [1.54, 1.807) is 6.08 Å². The van der Waals surface area contributed by atoms with Gasteiger partial charge in [0.25, 0.3) is 0 Å². The van der Waals surface area contributed by atoms with Crippen LogP contribution in [0.5, 0.6) is 0 Å². The Morgan fingerprint density at radius 1 is 0.449 bits per heavy atom. The zero-order chi connectivity index (χ0) is 56.7. The van der Waals surface area contributed by atoms with E-state index < -0.39 is 86.8 Å². The maximum absolute atomic E-state index is 13.2. The fourth-order valence-corrected chi connectivity index (χ4v) is 10.6. The molecule has 0 aliphatic carbocycles. The number of amides is 1. The molecule has 14 nitrogen and oxygen atoms in total. The van der Waals surface area contributed by atoms with Gasteiger partial charge in [0.15, 0.2) is 12.6 Å². The van der Waals surface area contributed by atoms with Crippen LogP contribution in [0.25, 0.3) is 0 Å². The molecule has 0 aromatic heterocycles. The third kappa shape index (κ3) is 34.6. The van der Waals surface area contributed by atoms with E-state index in [1.807, 2.05) is 6.08 Å². The normalized spacial score (nSPS) is 24.7. The van der Waals surface area contributed by atoms with Crippen LogP contribution >= 0.6 is 0 Å². The van der Waals surface area contributed by atoms with Crippen LogP contribution in [0.1, 0.15) is 271 Å². The summed E-state index contributed by atoms with van der Waals surface area (Å²) in [5.41, 5.74) is 0. The monoisotopic (exact) mass is 1110 g/mol. The highest BCUT2D eigenvalue weighted by Gasteiger charge is 2.51. The Bertz CT molecular complexity index is 1450. The number of allylic oxidation sites excluding steroid dienone is 5. The number of carbonyl (C=O) groups excluding carboxylic acids is 1. The van der Waals surface area contributed by atoms with Crippen LogP contribution in [-0.4, -0.2) is 140 Å². The number of rotatable bonds is 52. The van der Waals surface area contributed by atoms with Gasteiger partial charge in [-0.05, 0) is 44.9 Å². The molecular weight excluding hydrogens is 991 g/mol. The first kappa shape index (κ1) is 72.3. The zero-order valence-electron chi connectivity index (χ0n) is 49.4. The molecule has 12 atom stereocenters. The maximum atomic E-state index is 13.2. The maximum Gasteiger partial charge on any atom is 0.220 e. The quantitative estimate of drug-likeness (QED) is 0.0204. The number of aliphatic hydroxyl groups excluding tert-OH is 8. The standard InChI is InChI=1S/C64H119NO13/c1-3-5-7-9-11-13-15-17-19-20-21-22-23-24-25-26-27-28-29-30-31-32-34-35-37-39-41-43-45-47-53(68)52(65-56(69)48-46-44-42-40-38-36-33-18-16-14-12-10-8-6-4-2)51-75-63-61(74)59(72)62(55(50-67)77-63)78-64-60(73)58(71)57(70)54(49-66)76-64/h31-32,37,39,45,47,52-55,57-64,66-68,70-74H,3-30,33-36,38,40-44,46,48-51H2,1-2H3,(H,65,69)/b32-31+,39-37+,47-45+. The van der Waals surface area contributed by atoms with Crippen LogP contribution < -0.4 is 5.32 Å². The van der Waals surface area contributed by atoms with Crippen LogP contribution in [0.15, 0.2) is 36.5 Å². The molecule has 0 aromatic carbocycles. The van der Waals surface area contributed by atoms with Crippen molar-refractivity contribution in [3.05, 3.63) is 36.5 Å². The van der Waals surface area contributed by atoms with Gasteiger partial charge in [0.1, 0.15) is 48.8 Å². The molecule has 0 radical (unpaired) electrons. The minimum absolute atomic E-state index is 0.250. The van der Waals surface area contributed by atoms with Gasteiger partial charge in [-0.2, -0.15) is 0 Å². The van der Waals surface area contributed by atoms with E-state index in [4.69, 9.17) is 18.9 Å². The van der Waals surface area contributed by atoms with Gasteiger partial charge in [0.05, 0.1) is 32.0 Å². The van der Waals surface area contributed by atoms with Gasteiger partial charge < -0.3 is 65.1 Å². The third-order valence-electron chi connectivity index (χ3n) is 15.8. The van der Waals surface area contributed by atoms with E-state index in [-0.39, 0.29) is 18.9 Å². The lowest BCUT2D eigenvalue weighted by Gasteiger charge is -2.46. The largest absolute Gasteiger partial charge is 0.394 e. The fraction of sp³-hybridized carbons (Fsp3) is 0.891. The van der Waals surface area contributed by atoms with Gasteiger partial charge in [-0.15, -0.1) is 0 Å². The lowest BCUT2D eigenvalue weighted by molar-refractivity contribution is -0.359. The number of hydrogen-bond donors (Lipinski definition) is 9. The van der Waals surface area contributed by atoms with Crippen LogP contribution in [0.4, 0.5) is 0 Å². The number of nitrogens with one attached hydrogen (secondary N) is 1. The van der Waals surface area contributed by atoms with Crippen LogP contribution in [0.2, 0.25) is 0 Å². The average Bonchev–Trinajstić information content (AvgIpc) is 3.44. The van der Waals surface area contributed by atoms with Crippen LogP contribution in [0, 0.1) is 0 Å². The van der Waals surface area contributed by atoms with Crippen molar-refractivity contribution in [2.45, 2.75) is 344 Å². The SMILES string of the molecule is CCCCCCCCCCCCCCCCCCCCC/C=C/CC/C=C/CC/C=C/C(O)C(COC1OC(CO)C(OC2OC(CO)C(O)C(O)C2O)C(O)C1O)NC(=O)CCCCCCCCCCCCCCCCC. The second-order valence-corrected chi connectivity index (χ2v) is 22.9. The van der Waals surface area contributed by atoms with E-state index in [0.29, 0.717) is 12.8 Å². The second kappa shape index (κ2) is 49.8. The Labute approximate surface area is 474 Å². The zero-order valence-corrected chi connectivity index (χ0v) is 49.4. The minimum atomic E-state index is -1.79. The van der Waals surface area contributed by atoms with Gasteiger partial charge in [-0.3, -0.25) is 4.79 Å². The van der Waals surface area contributed by atoms with Gasteiger partial charge >= 0.3 is 0 Å². The highest BCUT2D eigenvalue weighted by Crippen LogP contribution is 2.30. The Hall–Kier alpha value is -1.79. The molecule has 2 fully saturated rings. The van der Waals surface area contributed by atoms with Gasteiger partial charge in [0, 0.05) is 6.42 Å². The third-order valence-corrected chi connectivity index (χ3v) is 15.8. The predicted octanol–water partition coefficient (Wildman–Crippen LogP) is 11.8. The Balaban J connectivity index is 1.72. The molecular formula is C64H119NO13. The summed E-state index contributed by atoms with van der Waals surface area (Å²) in [4.78, 5) is 13.2. The number of unbranched alkanes of at least 4 members (excludes halogenated alkanes) is 35.